The second-order valence-corrected chi connectivity index (χ2v) is 2.89. The van der Waals surface area contributed by atoms with E-state index in [9.17, 15) is 18.0 Å². The Morgan fingerprint density at radius 3 is 2.00 bits per heavy atom. The zero-order valence-electron chi connectivity index (χ0n) is 6.30. The number of hydrogen-bond acceptors (Lipinski definition) is 2. The SMILES string of the molecule is O=C(c1ccc(S)cc1)C(F)(F)F. The summed E-state index contributed by atoms with van der Waals surface area (Å²) in [4.78, 5) is 11.1. The van der Waals surface area contributed by atoms with Gasteiger partial charge in [-0.2, -0.15) is 13.2 Å². The van der Waals surface area contributed by atoms with Crippen LogP contribution in [0.15, 0.2) is 29.2 Å². The summed E-state index contributed by atoms with van der Waals surface area (Å²) in [6.07, 6.45) is -4.81. The van der Waals surface area contributed by atoms with Crippen LogP contribution in [0.5, 0.6) is 0 Å². The molecule has 0 bridgehead atoms. The van der Waals surface area contributed by atoms with Crippen molar-refractivity contribution in [2.24, 2.45) is 0 Å². The third kappa shape index (κ3) is 2.48. The van der Waals surface area contributed by atoms with Crippen molar-refractivity contribution in [3.63, 3.8) is 0 Å². The topological polar surface area (TPSA) is 17.1 Å². The number of thiol groups is 1. The fourth-order valence-corrected chi connectivity index (χ4v) is 0.926. The molecule has 0 fully saturated rings. The molecule has 0 aliphatic carbocycles. The lowest BCUT2D eigenvalue weighted by Gasteiger charge is -2.04. The predicted octanol–water partition coefficient (Wildman–Crippen LogP) is 2.72. The van der Waals surface area contributed by atoms with E-state index in [4.69, 9.17) is 0 Å². The largest absolute Gasteiger partial charge is 0.454 e. The van der Waals surface area contributed by atoms with Crippen molar-refractivity contribution in [1.82, 2.24) is 0 Å². The molecule has 13 heavy (non-hydrogen) atoms. The Bertz CT molecular complexity index is 315. The molecule has 1 rings (SSSR count). The average Bonchev–Trinajstić information content (AvgIpc) is 2.03. The molecular formula is C8H5F3OS. The molecule has 0 aliphatic rings. The summed E-state index contributed by atoms with van der Waals surface area (Å²) in [5.74, 6) is -1.83. The molecule has 0 unspecified atom stereocenters. The normalized spacial score (nSPS) is 11.4. The monoisotopic (exact) mass is 206 g/mol. The number of carbonyl (C=O) groups excluding carboxylic acids is 1. The van der Waals surface area contributed by atoms with Gasteiger partial charge in [-0.15, -0.1) is 12.6 Å². The fraction of sp³-hybridized carbons (Fsp3) is 0.125. The Balaban J connectivity index is 2.97. The Hall–Kier alpha value is -0.970. The molecule has 1 nitrogen and oxygen atoms in total. The van der Waals surface area contributed by atoms with Gasteiger partial charge in [0.25, 0.3) is 5.78 Å². The number of halogens is 3. The Labute approximate surface area is 78.0 Å². The predicted molar refractivity (Wildman–Crippen MR) is 44.1 cm³/mol. The van der Waals surface area contributed by atoms with Gasteiger partial charge in [0.1, 0.15) is 0 Å². The second-order valence-electron chi connectivity index (χ2n) is 2.37. The molecule has 5 heteroatoms. The van der Waals surface area contributed by atoms with E-state index in [1.54, 1.807) is 0 Å². The van der Waals surface area contributed by atoms with Crippen LogP contribution in [0.3, 0.4) is 0 Å². The summed E-state index contributed by atoms with van der Waals surface area (Å²) < 4.78 is 35.6. The van der Waals surface area contributed by atoms with Crippen LogP contribution in [-0.4, -0.2) is 12.0 Å². The Morgan fingerprint density at radius 2 is 1.62 bits per heavy atom. The van der Waals surface area contributed by atoms with Gasteiger partial charge in [-0.1, -0.05) is 0 Å². The highest BCUT2D eigenvalue weighted by Crippen LogP contribution is 2.21. The molecule has 0 heterocycles. The lowest BCUT2D eigenvalue weighted by Crippen LogP contribution is -2.22. The van der Waals surface area contributed by atoms with Gasteiger partial charge in [0.15, 0.2) is 0 Å². The van der Waals surface area contributed by atoms with Crippen LogP contribution < -0.4 is 0 Å². The van der Waals surface area contributed by atoms with Crippen molar-refractivity contribution in [1.29, 1.82) is 0 Å². The van der Waals surface area contributed by atoms with Gasteiger partial charge in [0, 0.05) is 10.5 Å². The highest BCUT2D eigenvalue weighted by molar-refractivity contribution is 7.80. The van der Waals surface area contributed by atoms with Crippen molar-refractivity contribution >= 4 is 18.4 Å². The minimum Gasteiger partial charge on any atom is -0.284 e. The van der Waals surface area contributed by atoms with Crippen LogP contribution in [0.25, 0.3) is 0 Å². The number of alkyl halides is 3. The quantitative estimate of drug-likeness (QED) is 0.552. The Kier molecular flexibility index (Phi) is 2.66. The smallest absolute Gasteiger partial charge is 0.284 e. The van der Waals surface area contributed by atoms with E-state index in [1.807, 2.05) is 0 Å². The molecule has 0 radical (unpaired) electrons. The summed E-state index contributed by atoms with van der Waals surface area (Å²) in [6.45, 7) is 0. The zero-order chi connectivity index (χ0) is 10.1. The van der Waals surface area contributed by atoms with Crippen LogP contribution in [0.1, 0.15) is 10.4 Å². The molecule has 0 saturated heterocycles. The van der Waals surface area contributed by atoms with E-state index in [-0.39, 0.29) is 5.56 Å². The molecule has 0 spiro atoms. The van der Waals surface area contributed by atoms with Gasteiger partial charge >= 0.3 is 6.18 Å². The maximum Gasteiger partial charge on any atom is 0.454 e. The second kappa shape index (κ2) is 3.41. The first-order valence-electron chi connectivity index (χ1n) is 3.32. The molecule has 0 amide bonds. The number of hydrogen-bond donors (Lipinski definition) is 1. The van der Waals surface area contributed by atoms with Crippen molar-refractivity contribution in [3.8, 4) is 0 Å². The van der Waals surface area contributed by atoms with Crippen LogP contribution in [0.4, 0.5) is 13.2 Å². The third-order valence-corrected chi connectivity index (χ3v) is 1.69. The molecular weight excluding hydrogens is 201 g/mol. The van der Waals surface area contributed by atoms with E-state index in [0.29, 0.717) is 4.90 Å². The lowest BCUT2D eigenvalue weighted by molar-refractivity contribution is -0.0885. The number of ketones is 1. The zero-order valence-corrected chi connectivity index (χ0v) is 7.19. The van der Waals surface area contributed by atoms with E-state index in [2.05, 4.69) is 12.6 Å². The van der Waals surface area contributed by atoms with Crippen LogP contribution >= 0.6 is 12.6 Å². The molecule has 0 aromatic heterocycles. The molecule has 1 aromatic carbocycles. The third-order valence-electron chi connectivity index (χ3n) is 1.39. The summed E-state index contributed by atoms with van der Waals surface area (Å²) in [7, 11) is 0. The minimum atomic E-state index is -4.81. The first-order chi connectivity index (χ1) is 5.91. The highest BCUT2D eigenvalue weighted by Gasteiger charge is 2.38. The summed E-state index contributed by atoms with van der Waals surface area (Å²) in [5.41, 5.74) is -0.370. The molecule has 0 N–H and O–H groups in total. The van der Waals surface area contributed by atoms with E-state index in [1.165, 1.54) is 12.1 Å². The molecule has 70 valence electrons. The van der Waals surface area contributed by atoms with Crippen LogP contribution in [-0.2, 0) is 0 Å². The van der Waals surface area contributed by atoms with Crippen molar-refractivity contribution < 1.29 is 18.0 Å². The maximum atomic E-state index is 11.9. The van der Waals surface area contributed by atoms with E-state index in [0.717, 1.165) is 12.1 Å². The first kappa shape index (κ1) is 10.1. The van der Waals surface area contributed by atoms with Gasteiger partial charge < -0.3 is 0 Å². The first-order valence-corrected chi connectivity index (χ1v) is 3.76. The molecule has 0 saturated carbocycles. The standard InChI is InChI=1S/C8H5F3OS/c9-8(10,11)7(12)5-1-3-6(13)4-2-5/h1-4,13H. The molecule has 0 aliphatic heterocycles. The Morgan fingerprint density at radius 1 is 1.15 bits per heavy atom. The number of Topliss-reactive ketones (excluding diaryl/α,β-unsaturated/α-hetero) is 1. The minimum absolute atomic E-state index is 0.370. The van der Waals surface area contributed by atoms with Crippen molar-refractivity contribution in [2.75, 3.05) is 0 Å². The van der Waals surface area contributed by atoms with Crippen LogP contribution in [0, 0.1) is 0 Å². The number of rotatable bonds is 1. The molecule has 0 atom stereocenters. The maximum absolute atomic E-state index is 11.9. The van der Waals surface area contributed by atoms with Gasteiger partial charge in [0.05, 0.1) is 0 Å². The van der Waals surface area contributed by atoms with Gasteiger partial charge in [-0.05, 0) is 24.3 Å². The van der Waals surface area contributed by atoms with Gasteiger partial charge in [-0.3, -0.25) is 4.79 Å². The van der Waals surface area contributed by atoms with Crippen molar-refractivity contribution in [3.05, 3.63) is 29.8 Å². The number of benzene rings is 1. The summed E-state index contributed by atoms with van der Waals surface area (Å²) >= 11 is 3.88. The molecule has 1 aromatic rings. The fourth-order valence-electron chi connectivity index (χ4n) is 0.776. The number of carbonyl (C=O) groups is 1. The highest BCUT2D eigenvalue weighted by atomic mass is 32.1. The van der Waals surface area contributed by atoms with Gasteiger partial charge in [0.2, 0.25) is 0 Å². The van der Waals surface area contributed by atoms with Crippen LogP contribution in [0.2, 0.25) is 0 Å². The van der Waals surface area contributed by atoms with E-state index < -0.39 is 12.0 Å². The van der Waals surface area contributed by atoms with E-state index >= 15 is 0 Å². The lowest BCUT2D eigenvalue weighted by atomic mass is 10.1. The average molecular weight is 206 g/mol. The summed E-state index contributed by atoms with van der Waals surface area (Å²) in [5, 5.41) is 0. The van der Waals surface area contributed by atoms with Crippen molar-refractivity contribution in [2.45, 2.75) is 11.1 Å². The summed E-state index contributed by atoms with van der Waals surface area (Å²) in [6, 6.07) is 4.86. The van der Waals surface area contributed by atoms with Gasteiger partial charge in [-0.25, -0.2) is 0 Å².